The van der Waals surface area contributed by atoms with Gasteiger partial charge in [-0.1, -0.05) is 29.8 Å². The quantitative estimate of drug-likeness (QED) is 0.661. The molecule has 0 saturated heterocycles. The lowest BCUT2D eigenvalue weighted by Gasteiger charge is -2.11. The van der Waals surface area contributed by atoms with Crippen LogP contribution in [-0.4, -0.2) is 7.11 Å². The summed E-state index contributed by atoms with van der Waals surface area (Å²) in [4.78, 5) is 0. The molecule has 0 saturated carbocycles. The van der Waals surface area contributed by atoms with E-state index in [-0.39, 0.29) is 12.2 Å². The molecule has 0 aliphatic carbocycles. The number of fused-ring (bicyclic) bond motifs is 5. The summed E-state index contributed by atoms with van der Waals surface area (Å²) < 4.78 is 10.8. The fourth-order valence-electron chi connectivity index (χ4n) is 2.07. The molecule has 0 radical (unpaired) electrons. The van der Waals surface area contributed by atoms with Gasteiger partial charge >= 0.3 is 0 Å². The van der Waals surface area contributed by atoms with E-state index in [1.807, 2.05) is 18.2 Å². The van der Waals surface area contributed by atoms with Crippen molar-refractivity contribution >= 4 is 11.6 Å². The van der Waals surface area contributed by atoms with Crippen LogP contribution in [0.3, 0.4) is 0 Å². The first-order valence-corrected chi connectivity index (χ1v) is 4.89. The minimum absolute atomic E-state index is 0.0256. The lowest BCUT2D eigenvalue weighted by molar-refractivity contribution is 0.0878. The van der Waals surface area contributed by atoms with E-state index in [1.54, 1.807) is 7.11 Å². The second kappa shape index (κ2) is 2.75. The molecular formula is C11H9ClO2. The Labute approximate surface area is 87.1 Å². The van der Waals surface area contributed by atoms with Crippen LogP contribution in [0.25, 0.3) is 0 Å². The molecule has 0 amide bonds. The van der Waals surface area contributed by atoms with Gasteiger partial charge in [0.05, 0.1) is 12.1 Å². The number of ether oxygens (including phenoxy) is 2. The zero-order valence-electron chi connectivity index (χ0n) is 7.66. The highest BCUT2D eigenvalue weighted by Crippen LogP contribution is 2.50. The van der Waals surface area contributed by atoms with Crippen molar-refractivity contribution in [2.45, 2.75) is 12.2 Å². The van der Waals surface area contributed by atoms with E-state index in [1.165, 1.54) is 5.56 Å². The summed E-state index contributed by atoms with van der Waals surface area (Å²) in [6.45, 7) is 0. The Bertz CT molecular complexity index is 426. The van der Waals surface area contributed by atoms with Crippen molar-refractivity contribution in [2.75, 3.05) is 7.11 Å². The Morgan fingerprint density at radius 2 is 2.07 bits per heavy atom. The summed E-state index contributed by atoms with van der Waals surface area (Å²) in [5.41, 5.74) is 2.24. The Hall–Kier alpha value is -0.990. The predicted molar refractivity (Wildman–Crippen MR) is 53.7 cm³/mol. The number of methoxy groups -OCH3 is 1. The van der Waals surface area contributed by atoms with Crippen molar-refractivity contribution in [1.29, 1.82) is 0 Å². The topological polar surface area (TPSA) is 18.5 Å². The van der Waals surface area contributed by atoms with Crippen molar-refractivity contribution in [3.8, 4) is 5.75 Å². The van der Waals surface area contributed by atoms with Gasteiger partial charge in [0.2, 0.25) is 0 Å². The Morgan fingerprint density at radius 3 is 2.86 bits per heavy atom. The molecule has 2 unspecified atom stereocenters. The summed E-state index contributed by atoms with van der Waals surface area (Å²) in [6, 6.07) is 3.91. The van der Waals surface area contributed by atoms with Gasteiger partial charge in [0.1, 0.15) is 18.0 Å². The van der Waals surface area contributed by atoms with E-state index in [4.69, 9.17) is 21.1 Å². The average Bonchev–Trinajstić information content (AvgIpc) is 2.78. The van der Waals surface area contributed by atoms with Gasteiger partial charge in [-0.3, -0.25) is 0 Å². The van der Waals surface area contributed by atoms with Crippen LogP contribution in [0.1, 0.15) is 23.3 Å². The van der Waals surface area contributed by atoms with Crippen molar-refractivity contribution in [3.05, 3.63) is 40.4 Å². The van der Waals surface area contributed by atoms with Gasteiger partial charge < -0.3 is 9.47 Å². The highest BCUT2D eigenvalue weighted by Gasteiger charge is 2.36. The van der Waals surface area contributed by atoms with Gasteiger partial charge in [0.15, 0.2) is 0 Å². The van der Waals surface area contributed by atoms with Crippen molar-refractivity contribution in [1.82, 2.24) is 0 Å². The number of halogens is 1. The highest BCUT2D eigenvalue weighted by molar-refractivity contribution is 6.33. The minimum atomic E-state index is 0.0256. The molecule has 0 spiro atoms. The summed E-state index contributed by atoms with van der Waals surface area (Å²) in [5.74, 6) is 0.718. The van der Waals surface area contributed by atoms with Crippen LogP contribution in [0.2, 0.25) is 5.02 Å². The van der Waals surface area contributed by atoms with E-state index in [2.05, 4.69) is 6.08 Å². The summed E-state index contributed by atoms with van der Waals surface area (Å²) in [5, 5.41) is 0.682. The maximum atomic E-state index is 6.21. The highest BCUT2D eigenvalue weighted by atomic mass is 35.5. The molecule has 2 bridgehead atoms. The third-order valence-electron chi connectivity index (χ3n) is 2.74. The van der Waals surface area contributed by atoms with Gasteiger partial charge in [0, 0.05) is 5.56 Å². The van der Waals surface area contributed by atoms with Crippen LogP contribution in [0.15, 0.2) is 24.3 Å². The van der Waals surface area contributed by atoms with E-state index < -0.39 is 0 Å². The van der Waals surface area contributed by atoms with Gasteiger partial charge in [-0.15, -0.1) is 0 Å². The fraction of sp³-hybridized carbons (Fsp3) is 0.273. The second-order valence-electron chi connectivity index (χ2n) is 3.45. The third-order valence-corrected chi connectivity index (χ3v) is 3.13. The lowest BCUT2D eigenvalue weighted by atomic mass is 9.96. The van der Waals surface area contributed by atoms with E-state index in [0.717, 1.165) is 11.3 Å². The average molecular weight is 209 g/mol. The molecule has 3 rings (SSSR count). The Morgan fingerprint density at radius 1 is 1.29 bits per heavy atom. The van der Waals surface area contributed by atoms with Gasteiger partial charge in [-0.05, 0) is 11.6 Å². The molecule has 1 aromatic carbocycles. The van der Waals surface area contributed by atoms with Crippen molar-refractivity contribution in [3.63, 3.8) is 0 Å². The SMILES string of the molecule is COc1ccc2c(c1Cl)C1C=CC2O1. The largest absolute Gasteiger partial charge is 0.495 e. The smallest absolute Gasteiger partial charge is 0.137 e. The molecule has 0 N–H and O–H groups in total. The molecule has 0 fully saturated rings. The third kappa shape index (κ3) is 0.900. The molecule has 0 aromatic heterocycles. The standard InChI is InChI=1S/C11H9ClO2/c1-13-9-3-2-6-7-4-5-8(14-7)10(6)11(9)12/h2-5,7-8H,1H3. The van der Waals surface area contributed by atoms with Gasteiger partial charge in [-0.25, -0.2) is 0 Å². The van der Waals surface area contributed by atoms with Crippen LogP contribution < -0.4 is 4.74 Å². The zero-order chi connectivity index (χ0) is 9.71. The summed E-state index contributed by atoms with van der Waals surface area (Å²) >= 11 is 6.21. The summed E-state index contributed by atoms with van der Waals surface area (Å²) in [6.07, 6.45) is 4.23. The molecule has 2 heterocycles. The van der Waals surface area contributed by atoms with Gasteiger partial charge in [0.25, 0.3) is 0 Å². The van der Waals surface area contributed by atoms with Crippen molar-refractivity contribution in [2.24, 2.45) is 0 Å². The molecule has 2 atom stereocenters. The van der Waals surface area contributed by atoms with Crippen LogP contribution in [-0.2, 0) is 4.74 Å². The molecule has 3 heteroatoms. The first-order valence-electron chi connectivity index (χ1n) is 4.51. The molecule has 2 aliphatic rings. The normalized spacial score (nSPS) is 26.7. The number of hydrogen-bond donors (Lipinski definition) is 0. The van der Waals surface area contributed by atoms with Crippen LogP contribution in [0, 0.1) is 0 Å². The number of rotatable bonds is 1. The Kier molecular flexibility index (Phi) is 1.64. The predicted octanol–water partition coefficient (Wildman–Crippen LogP) is 3.03. The molecule has 1 aromatic rings. The zero-order valence-corrected chi connectivity index (χ0v) is 8.41. The monoisotopic (exact) mass is 208 g/mol. The first kappa shape index (κ1) is 8.33. The molecule has 14 heavy (non-hydrogen) atoms. The molecular weight excluding hydrogens is 200 g/mol. The van der Waals surface area contributed by atoms with E-state index >= 15 is 0 Å². The minimum Gasteiger partial charge on any atom is -0.495 e. The first-order chi connectivity index (χ1) is 6.81. The number of hydrogen-bond acceptors (Lipinski definition) is 2. The van der Waals surface area contributed by atoms with Crippen LogP contribution in [0.5, 0.6) is 5.75 Å². The molecule has 72 valence electrons. The summed E-state index contributed by atoms with van der Waals surface area (Å²) in [7, 11) is 1.62. The van der Waals surface area contributed by atoms with Crippen LogP contribution in [0.4, 0.5) is 0 Å². The van der Waals surface area contributed by atoms with Crippen LogP contribution >= 0.6 is 11.6 Å². The number of benzene rings is 1. The molecule has 2 aliphatic heterocycles. The lowest BCUT2D eigenvalue weighted by Crippen LogP contribution is -1.96. The maximum Gasteiger partial charge on any atom is 0.137 e. The van der Waals surface area contributed by atoms with E-state index in [0.29, 0.717) is 5.02 Å². The Balaban J connectivity index is 2.22. The second-order valence-corrected chi connectivity index (χ2v) is 3.82. The maximum absolute atomic E-state index is 6.21. The van der Waals surface area contributed by atoms with Gasteiger partial charge in [-0.2, -0.15) is 0 Å². The molecule has 2 nitrogen and oxygen atoms in total. The van der Waals surface area contributed by atoms with E-state index in [9.17, 15) is 0 Å². The fourth-order valence-corrected chi connectivity index (χ4v) is 2.43. The van der Waals surface area contributed by atoms with Crippen molar-refractivity contribution < 1.29 is 9.47 Å².